The summed E-state index contributed by atoms with van der Waals surface area (Å²) in [5.74, 6) is 0.242. The van der Waals surface area contributed by atoms with Gasteiger partial charge in [-0.25, -0.2) is 9.69 Å². The molecule has 7 nitrogen and oxygen atoms in total. The Labute approximate surface area is 115 Å². The third-order valence-corrected chi connectivity index (χ3v) is 2.38. The zero-order valence-corrected chi connectivity index (χ0v) is 11.8. The Hall–Kier alpha value is -1.89. The smallest absolute Gasteiger partial charge is 0.416 e. The monoisotopic (exact) mass is 283 g/mol. The van der Waals surface area contributed by atoms with Crippen LogP contribution in [0, 0.1) is 0 Å². The fraction of sp³-hybridized carbons (Fsp3) is 0.455. The summed E-state index contributed by atoms with van der Waals surface area (Å²) in [5.41, 5.74) is -0.0912. The van der Waals surface area contributed by atoms with Crippen molar-refractivity contribution < 1.29 is 9.53 Å². The Morgan fingerprint density at radius 1 is 1.37 bits per heavy atom. The van der Waals surface area contributed by atoms with Crippen molar-refractivity contribution in [3.05, 3.63) is 17.3 Å². The molecule has 0 aromatic carbocycles. The summed E-state index contributed by atoms with van der Waals surface area (Å²) in [7, 11) is 1.53. The molecular weight excluding hydrogens is 270 g/mol. The van der Waals surface area contributed by atoms with Crippen molar-refractivity contribution in [3.8, 4) is 0 Å². The number of ether oxygens (including phenoxy) is 1. The van der Waals surface area contributed by atoms with Gasteiger partial charge in [-0.1, -0.05) is 11.6 Å². The van der Waals surface area contributed by atoms with E-state index in [0.29, 0.717) is 5.65 Å². The SMILES string of the molecule is CN(C(=O)OC(C)(C)C)c1nnc2ccc(Cl)nn12. The van der Waals surface area contributed by atoms with E-state index in [-0.39, 0.29) is 11.1 Å². The first-order valence-corrected chi connectivity index (χ1v) is 6.00. The van der Waals surface area contributed by atoms with E-state index in [1.165, 1.54) is 16.5 Å². The Morgan fingerprint density at radius 2 is 2.05 bits per heavy atom. The lowest BCUT2D eigenvalue weighted by atomic mass is 10.2. The van der Waals surface area contributed by atoms with Crippen LogP contribution in [0.2, 0.25) is 5.15 Å². The summed E-state index contributed by atoms with van der Waals surface area (Å²) < 4.78 is 6.63. The predicted octanol–water partition coefficient (Wildman–Crippen LogP) is 2.15. The molecule has 0 atom stereocenters. The molecule has 2 aromatic heterocycles. The second-order valence-corrected chi connectivity index (χ2v) is 5.35. The molecule has 2 rings (SSSR count). The van der Waals surface area contributed by atoms with E-state index < -0.39 is 11.7 Å². The van der Waals surface area contributed by atoms with Gasteiger partial charge < -0.3 is 4.74 Å². The zero-order chi connectivity index (χ0) is 14.2. The van der Waals surface area contributed by atoms with Gasteiger partial charge in [0.1, 0.15) is 10.8 Å². The molecule has 102 valence electrons. The van der Waals surface area contributed by atoms with Gasteiger partial charge >= 0.3 is 6.09 Å². The first-order valence-electron chi connectivity index (χ1n) is 5.62. The van der Waals surface area contributed by atoms with Crippen molar-refractivity contribution in [1.82, 2.24) is 19.8 Å². The van der Waals surface area contributed by atoms with Gasteiger partial charge in [0.25, 0.3) is 5.95 Å². The Kier molecular flexibility index (Phi) is 3.32. The highest BCUT2D eigenvalue weighted by Gasteiger charge is 2.24. The molecule has 0 aliphatic carbocycles. The first kappa shape index (κ1) is 13.5. The summed E-state index contributed by atoms with van der Waals surface area (Å²) in [6.07, 6.45) is -0.538. The summed E-state index contributed by atoms with van der Waals surface area (Å²) in [4.78, 5) is 13.2. The molecular formula is C11H14ClN5O2. The van der Waals surface area contributed by atoms with E-state index in [1.54, 1.807) is 32.9 Å². The summed E-state index contributed by atoms with van der Waals surface area (Å²) in [6, 6.07) is 3.26. The van der Waals surface area contributed by atoms with Crippen molar-refractivity contribution in [2.75, 3.05) is 11.9 Å². The molecule has 0 aliphatic heterocycles. The van der Waals surface area contributed by atoms with Crippen molar-refractivity contribution in [3.63, 3.8) is 0 Å². The summed E-state index contributed by atoms with van der Waals surface area (Å²) in [6.45, 7) is 5.36. The van der Waals surface area contributed by atoms with Crippen LogP contribution >= 0.6 is 11.6 Å². The Balaban J connectivity index is 2.33. The molecule has 19 heavy (non-hydrogen) atoms. The highest BCUT2D eigenvalue weighted by Crippen LogP contribution is 2.16. The van der Waals surface area contributed by atoms with Crippen LogP contribution in [0.25, 0.3) is 5.65 Å². The molecule has 0 saturated carbocycles. The van der Waals surface area contributed by atoms with E-state index in [4.69, 9.17) is 16.3 Å². The third-order valence-electron chi connectivity index (χ3n) is 2.18. The van der Waals surface area contributed by atoms with E-state index in [2.05, 4.69) is 15.3 Å². The van der Waals surface area contributed by atoms with Gasteiger partial charge in [-0.3, -0.25) is 0 Å². The van der Waals surface area contributed by atoms with E-state index in [1.807, 2.05) is 0 Å². The molecule has 8 heteroatoms. The molecule has 0 bridgehead atoms. The maximum absolute atomic E-state index is 11.9. The molecule has 2 aromatic rings. The molecule has 0 unspecified atom stereocenters. The number of carbonyl (C=O) groups is 1. The van der Waals surface area contributed by atoms with Crippen molar-refractivity contribution in [2.45, 2.75) is 26.4 Å². The Morgan fingerprint density at radius 3 is 2.68 bits per heavy atom. The fourth-order valence-corrected chi connectivity index (χ4v) is 1.51. The van der Waals surface area contributed by atoms with Gasteiger partial charge in [-0.2, -0.15) is 9.61 Å². The lowest BCUT2D eigenvalue weighted by Gasteiger charge is -2.23. The highest BCUT2D eigenvalue weighted by molar-refractivity contribution is 6.29. The zero-order valence-electron chi connectivity index (χ0n) is 11.1. The number of hydrogen-bond donors (Lipinski definition) is 0. The first-order chi connectivity index (χ1) is 8.78. The summed E-state index contributed by atoms with van der Waals surface area (Å²) >= 11 is 5.82. The normalized spacial score (nSPS) is 11.6. The van der Waals surface area contributed by atoms with Gasteiger partial charge in [0.15, 0.2) is 5.65 Å². The van der Waals surface area contributed by atoms with Crippen LogP contribution in [0.5, 0.6) is 0 Å². The van der Waals surface area contributed by atoms with Gasteiger partial charge in [-0.15, -0.1) is 10.2 Å². The van der Waals surface area contributed by atoms with Gasteiger partial charge in [-0.05, 0) is 32.9 Å². The lowest BCUT2D eigenvalue weighted by molar-refractivity contribution is 0.0586. The molecule has 0 fully saturated rings. The molecule has 0 aliphatic rings. The highest BCUT2D eigenvalue weighted by atomic mass is 35.5. The molecule has 0 N–H and O–H groups in total. The van der Waals surface area contributed by atoms with Crippen molar-refractivity contribution in [2.24, 2.45) is 0 Å². The molecule has 1 amide bonds. The minimum absolute atomic E-state index is 0.242. The average molecular weight is 284 g/mol. The minimum atomic E-state index is -0.586. The minimum Gasteiger partial charge on any atom is -0.443 e. The van der Waals surface area contributed by atoms with Crippen LogP contribution in [-0.2, 0) is 4.74 Å². The van der Waals surface area contributed by atoms with Gasteiger partial charge in [0.05, 0.1) is 0 Å². The number of rotatable bonds is 1. The second kappa shape index (κ2) is 4.65. The molecule has 2 heterocycles. The second-order valence-electron chi connectivity index (χ2n) is 4.97. The van der Waals surface area contributed by atoms with Crippen LogP contribution in [0.15, 0.2) is 12.1 Å². The van der Waals surface area contributed by atoms with Crippen LogP contribution < -0.4 is 4.90 Å². The quantitative estimate of drug-likeness (QED) is 0.802. The number of aromatic nitrogens is 4. The van der Waals surface area contributed by atoms with E-state index >= 15 is 0 Å². The average Bonchev–Trinajstić information content (AvgIpc) is 2.68. The number of nitrogens with zero attached hydrogens (tertiary/aromatic N) is 5. The van der Waals surface area contributed by atoms with Crippen LogP contribution in [0.3, 0.4) is 0 Å². The van der Waals surface area contributed by atoms with Gasteiger partial charge in [0, 0.05) is 7.05 Å². The number of fused-ring (bicyclic) bond motifs is 1. The predicted molar refractivity (Wildman–Crippen MR) is 70.4 cm³/mol. The summed E-state index contributed by atoms with van der Waals surface area (Å²) in [5, 5.41) is 12.1. The molecule has 0 spiro atoms. The van der Waals surface area contributed by atoms with Crippen molar-refractivity contribution in [1.29, 1.82) is 0 Å². The fourth-order valence-electron chi connectivity index (χ4n) is 1.38. The Bertz CT molecular complexity index is 619. The number of hydrogen-bond acceptors (Lipinski definition) is 5. The van der Waals surface area contributed by atoms with Crippen LogP contribution in [0.1, 0.15) is 20.8 Å². The van der Waals surface area contributed by atoms with E-state index in [9.17, 15) is 4.79 Å². The van der Waals surface area contributed by atoms with Crippen LogP contribution in [-0.4, -0.2) is 38.6 Å². The largest absolute Gasteiger partial charge is 0.443 e. The number of carbonyl (C=O) groups excluding carboxylic acids is 1. The standard InChI is InChI=1S/C11H14ClN5O2/c1-11(2,3)19-10(18)16(4)9-14-13-8-6-5-7(12)15-17(8)9/h5-6H,1-4H3. The van der Waals surface area contributed by atoms with E-state index in [0.717, 1.165) is 0 Å². The maximum Gasteiger partial charge on any atom is 0.416 e. The molecule has 0 saturated heterocycles. The maximum atomic E-state index is 11.9. The number of anilines is 1. The lowest BCUT2D eigenvalue weighted by Crippen LogP contribution is -2.35. The number of amides is 1. The topological polar surface area (TPSA) is 72.6 Å². The van der Waals surface area contributed by atoms with Gasteiger partial charge in [0.2, 0.25) is 0 Å². The van der Waals surface area contributed by atoms with Crippen LogP contribution in [0.4, 0.5) is 10.7 Å². The van der Waals surface area contributed by atoms with Crippen molar-refractivity contribution >= 4 is 29.3 Å². The molecule has 0 radical (unpaired) electrons. The number of halogens is 1. The third kappa shape index (κ3) is 2.93.